The predicted octanol–water partition coefficient (Wildman–Crippen LogP) is 3.06. The zero-order valence-electron chi connectivity index (χ0n) is 14.4. The zero-order valence-corrected chi connectivity index (χ0v) is 14.4. The molecule has 6 nitrogen and oxygen atoms in total. The van der Waals surface area contributed by atoms with Crippen molar-refractivity contribution in [1.29, 1.82) is 5.26 Å². The second kappa shape index (κ2) is 7.14. The highest BCUT2D eigenvalue weighted by Crippen LogP contribution is 2.22. The maximum atomic E-state index is 12.2. The van der Waals surface area contributed by atoms with Crippen LogP contribution in [-0.2, 0) is 14.3 Å². The number of nitrogens with zero attached hydrogens (tertiary/aromatic N) is 1. The first kappa shape index (κ1) is 18.5. The van der Waals surface area contributed by atoms with Crippen LogP contribution in [0.1, 0.15) is 55.0 Å². The van der Waals surface area contributed by atoms with Crippen LogP contribution >= 0.6 is 0 Å². The van der Waals surface area contributed by atoms with Crippen molar-refractivity contribution in [3.05, 3.63) is 28.1 Å². The fraction of sp³-hybridized carbons (Fsp3) is 0.471. The Hall–Kier alpha value is -2.55. The molecule has 1 heterocycles. The molecular formula is C17H22N2O4. The van der Waals surface area contributed by atoms with E-state index >= 15 is 0 Å². The predicted molar refractivity (Wildman–Crippen MR) is 85.7 cm³/mol. The van der Waals surface area contributed by atoms with Gasteiger partial charge in [0.15, 0.2) is 0 Å². The maximum absolute atomic E-state index is 12.2. The number of aromatic amines is 1. The Morgan fingerprint density at radius 3 is 2.35 bits per heavy atom. The van der Waals surface area contributed by atoms with Crippen molar-refractivity contribution in [1.82, 2.24) is 4.98 Å². The van der Waals surface area contributed by atoms with Crippen molar-refractivity contribution < 1.29 is 19.1 Å². The Bertz CT molecular complexity index is 685. The van der Waals surface area contributed by atoms with E-state index in [1.54, 1.807) is 41.5 Å². The van der Waals surface area contributed by atoms with Crippen LogP contribution in [0.4, 0.5) is 0 Å². The molecule has 0 aliphatic carbocycles. The normalized spacial score (nSPS) is 11.8. The average molecular weight is 318 g/mol. The van der Waals surface area contributed by atoms with Gasteiger partial charge in [0.1, 0.15) is 22.9 Å². The van der Waals surface area contributed by atoms with E-state index in [9.17, 15) is 9.59 Å². The minimum absolute atomic E-state index is 0.132. The van der Waals surface area contributed by atoms with E-state index in [0.717, 1.165) is 5.56 Å². The number of hydrogen-bond donors (Lipinski definition) is 1. The number of carbonyl (C=O) groups excluding carboxylic acids is 2. The summed E-state index contributed by atoms with van der Waals surface area (Å²) in [6.07, 6.45) is 1.38. The fourth-order valence-corrected chi connectivity index (χ4v) is 1.88. The molecule has 6 heteroatoms. The van der Waals surface area contributed by atoms with E-state index in [-0.39, 0.29) is 12.2 Å². The summed E-state index contributed by atoms with van der Waals surface area (Å²) in [5, 5.41) is 9.09. The Balaban J connectivity index is 3.21. The van der Waals surface area contributed by atoms with Crippen LogP contribution in [0.3, 0.4) is 0 Å². The Morgan fingerprint density at radius 2 is 1.87 bits per heavy atom. The summed E-state index contributed by atoms with van der Waals surface area (Å²) < 4.78 is 10.2. The molecular weight excluding hydrogens is 296 g/mol. The van der Waals surface area contributed by atoms with Crippen LogP contribution in [0.2, 0.25) is 0 Å². The highest BCUT2D eigenvalue weighted by molar-refractivity contribution is 5.98. The van der Waals surface area contributed by atoms with E-state index in [4.69, 9.17) is 14.7 Å². The standard InChI is InChI=1S/C17H22N2O4/c1-7-22-15(20)12(9-18)8-13-10(2)11(3)14(19-13)16(21)23-17(4,5)6/h8,19H,7H2,1-6H3/b12-8-. The molecule has 0 bridgehead atoms. The molecule has 124 valence electrons. The monoisotopic (exact) mass is 318 g/mol. The summed E-state index contributed by atoms with van der Waals surface area (Å²) in [7, 11) is 0. The molecule has 23 heavy (non-hydrogen) atoms. The second-order valence-electron chi connectivity index (χ2n) is 6.06. The molecule has 0 aromatic carbocycles. The highest BCUT2D eigenvalue weighted by Gasteiger charge is 2.23. The second-order valence-corrected chi connectivity index (χ2v) is 6.06. The van der Waals surface area contributed by atoms with Gasteiger partial charge in [0.05, 0.1) is 6.61 Å². The summed E-state index contributed by atoms with van der Waals surface area (Å²) in [6.45, 7) is 10.8. The number of ether oxygens (including phenoxy) is 2. The lowest BCUT2D eigenvalue weighted by Gasteiger charge is -2.19. The van der Waals surface area contributed by atoms with Gasteiger partial charge in [-0.15, -0.1) is 0 Å². The fourth-order valence-electron chi connectivity index (χ4n) is 1.88. The van der Waals surface area contributed by atoms with E-state index in [1.807, 2.05) is 6.07 Å². The summed E-state index contributed by atoms with van der Waals surface area (Å²) >= 11 is 0. The molecule has 0 radical (unpaired) electrons. The molecule has 0 saturated carbocycles. The Kier molecular flexibility index (Phi) is 5.74. The van der Waals surface area contributed by atoms with Crippen molar-refractivity contribution in [2.45, 2.75) is 47.1 Å². The first-order valence-electron chi connectivity index (χ1n) is 7.32. The third kappa shape index (κ3) is 4.71. The summed E-state index contributed by atoms with van der Waals surface area (Å²) in [4.78, 5) is 26.8. The number of esters is 2. The summed E-state index contributed by atoms with van der Waals surface area (Å²) in [5.74, 6) is -1.17. The van der Waals surface area contributed by atoms with Gasteiger partial charge in [-0.05, 0) is 58.7 Å². The van der Waals surface area contributed by atoms with Gasteiger partial charge in [0.25, 0.3) is 0 Å². The number of rotatable bonds is 4. The highest BCUT2D eigenvalue weighted by atomic mass is 16.6. The van der Waals surface area contributed by atoms with Crippen molar-refractivity contribution in [2.75, 3.05) is 6.61 Å². The molecule has 1 N–H and O–H groups in total. The molecule has 0 fully saturated rings. The minimum Gasteiger partial charge on any atom is -0.462 e. The zero-order chi connectivity index (χ0) is 17.8. The van der Waals surface area contributed by atoms with Crippen LogP contribution in [0.25, 0.3) is 6.08 Å². The number of H-pyrrole nitrogens is 1. The number of carbonyl (C=O) groups is 2. The molecule has 0 amide bonds. The topological polar surface area (TPSA) is 92.2 Å². The van der Waals surface area contributed by atoms with Crippen LogP contribution in [0.15, 0.2) is 5.57 Å². The van der Waals surface area contributed by atoms with Crippen molar-refractivity contribution in [3.63, 3.8) is 0 Å². The number of aromatic nitrogens is 1. The average Bonchev–Trinajstić information content (AvgIpc) is 2.71. The summed E-state index contributed by atoms with van der Waals surface area (Å²) in [6, 6.07) is 1.81. The maximum Gasteiger partial charge on any atom is 0.355 e. The molecule has 0 unspecified atom stereocenters. The van der Waals surface area contributed by atoms with Gasteiger partial charge in [0, 0.05) is 5.69 Å². The van der Waals surface area contributed by atoms with Crippen LogP contribution in [0, 0.1) is 25.2 Å². The van der Waals surface area contributed by atoms with E-state index in [2.05, 4.69) is 4.98 Å². The van der Waals surface area contributed by atoms with Crippen LogP contribution in [-0.4, -0.2) is 29.1 Å². The summed E-state index contributed by atoms with van der Waals surface area (Å²) in [5.41, 5.74) is 1.56. The van der Waals surface area contributed by atoms with Gasteiger partial charge in [-0.25, -0.2) is 9.59 Å². The van der Waals surface area contributed by atoms with Gasteiger partial charge in [-0.2, -0.15) is 5.26 Å². The molecule has 0 aliphatic heterocycles. The van der Waals surface area contributed by atoms with E-state index in [1.165, 1.54) is 6.08 Å². The SMILES string of the molecule is CCOC(=O)/C(C#N)=C\c1[nH]c(C(=O)OC(C)(C)C)c(C)c1C. The molecule has 1 aromatic heterocycles. The third-order valence-corrected chi connectivity index (χ3v) is 3.11. The van der Waals surface area contributed by atoms with Crippen molar-refractivity contribution in [2.24, 2.45) is 0 Å². The smallest absolute Gasteiger partial charge is 0.355 e. The number of hydrogen-bond acceptors (Lipinski definition) is 5. The number of nitrogens with one attached hydrogen (secondary N) is 1. The molecule has 0 atom stereocenters. The van der Waals surface area contributed by atoms with E-state index in [0.29, 0.717) is 17.0 Å². The molecule has 1 aromatic rings. The van der Waals surface area contributed by atoms with Gasteiger partial charge in [0.2, 0.25) is 0 Å². The van der Waals surface area contributed by atoms with Gasteiger partial charge in [-0.1, -0.05) is 0 Å². The lowest BCUT2D eigenvalue weighted by atomic mass is 10.1. The lowest BCUT2D eigenvalue weighted by molar-refractivity contribution is -0.137. The first-order chi connectivity index (χ1) is 10.6. The minimum atomic E-state index is -0.694. The molecule has 0 spiro atoms. The Morgan fingerprint density at radius 1 is 1.26 bits per heavy atom. The lowest BCUT2D eigenvalue weighted by Crippen LogP contribution is -2.24. The van der Waals surface area contributed by atoms with Gasteiger partial charge < -0.3 is 14.5 Å². The van der Waals surface area contributed by atoms with Crippen molar-refractivity contribution >= 4 is 18.0 Å². The molecule has 1 rings (SSSR count). The van der Waals surface area contributed by atoms with Crippen molar-refractivity contribution in [3.8, 4) is 6.07 Å². The largest absolute Gasteiger partial charge is 0.462 e. The first-order valence-corrected chi connectivity index (χ1v) is 7.32. The van der Waals surface area contributed by atoms with Gasteiger partial charge in [-0.3, -0.25) is 0 Å². The Labute approximate surface area is 136 Å². The third-order valence-electron chi connectivity index (χ3n) is 3.11. The number of nitriles is 1. The van der Waals surface area contributed by atoms with Crippen LogP contribution in [0.5, 0.6) is 0 Å². The van der Waals surface area contributed by atoms with E-state index < -0.39 is 17.5 Å². The molecule has 0 aliphatic rings. The van der Waals surface area contributed by atoms with Gasteiger partial charge >= 0.3 is 11.9 Å². The quantitative estimate of drug-likeness (QED) is 0.523. The molecule has 0 saturated heterocycles. The van der Waals surface area contributed by atoms with Crippen LogP contribution < -0.4 is 0 Å².